The molecule has 150 valence electrons. The van der Waals surface area contributed by atoms with Gasteiger partial charge in [-0.2, -0.15) is 0 Å². The molecule has 28 heavy (non-hydrogen) atoms. The van der Waals surface area contributed by atoms with Gasteiger partial charge in [-0.3, -0.25) is 9.10 Å². The maximum Gasteiger partial charge on any atom is 0.339 e. The molecule has 0 spiro atoms. The number of hydrogen-bond donors (Lipinski definition) is 1. The first-order chi connectivity index (χ1) is 13.3. The van der Waals surface area contributed by atoms with E-state index in [0.717, 1.165) is 6.26 Å². The Balaban J connectivity index is 2.00. The van der Waals surface area contributed by atoms with Crippen molar-refractivity contribution in [3.8, 4) is 5.75 Å². The van der Waals surface area contributed by atoms with Gasteiger partial charge in [-0.05, 0) is 43.3 Å². The highest BCUT2D eigenvalue weighted by Crippen LogP contribution is 2.21. The van der Waals surface area contributed by atoms with Crippen molar-refractivity contribution in [1.29, 1.82) is 0 Å². The summed E-state index contributed by atoms with van der Waals surface area (Å²) in [7, 11) is -2.10. The number of hydrogen-bond acceptors (Lipinski definition) is 6. The van der Waals surface area contributed by atoms with Crippen molar-refractivity contribution in [2.45, 2.75) is 6.92 Å². The number of carbonyl (C=O) groups is 2. The van der Waals surface area contributed by atoms with Crippen LogP contribution in [0.25, 0.3) is 0 Å². The van der Waals surface area contributed by atoms with E-state index in [2.05, 4.69) is 10.1 Å². The van der Waals surface area contributed by atoms with Crippen molar-refractivity contribution >= 4 is 33.3 Å². The molecule has 0 heterocycles. The molecule has 1 amide bonds. The second kappa shape index (κ2) is 9.23. The highest BCUT2D eigenvalue weighted by atomic mass is 32.2. The van der Waals surface area contributed by atoms with E-state index < -0.39 is 21.9 Å². The summed E-state index contributed by atoms with van der Waals surface area (Å²) in [6, 6.07) is 12.8. The number of rotatable bonds is 8. The molecule has 0 fully saturated rings. The zero-order valence-electron chi connectivity index (χ0n) is 15.8. The molecule has 0 saturated heterocycles. The highest BCUT2D eigenvalue weighted by molar-refractivity contribution is 7.92. The smallest absolute Gasteiger partial charge is 0.339 e. The fraction of sp³-hybridized carbons (Fsp3) is 0.263. The molecule has 2 aromatic rings. The van der Waals surface area contributed by atoms with E-state index in [0.29, 0.717) is 23.7 Å². The molecule has 0 aliphatic carbocycles. The molecule has 0 atom stereocenters. The summed E-state index contributed by atoms with van der Waals surface area (Å²) in [4.78, 5) is 23.9. The van der Waals surface area contributed by atoms with Crippen molar-refractivity contribution in [2.24, 2.45) is 0 Å². The SMILES string of the molecule is CCN(c1ccc(OCC(=O)Nc2ccccc2C(=O)OC)cc1)S(C)(=O)=O. The van der Waals surface area contributed by atoms with Crippen LogP contribution in [-0.4, -0.2) is 46.8 Å². The van der Waals surface area contributed by atoms with Gasteiger partial charge in [0.15, 0.2) is 6.61 Å². The summed E-state index contributed by atoms with van der Waals surface area (Å²) in [5.41, 5.74) is 1.07. The molecule has 2 rings (SSSR count). The van der Waals surface area contributed by atoms with Gasteiger partial charge in [-0.1, -0.05) is 12.1 Å². The lowest BCUT2D eigenvalue weighted by molar-refractivity contribution is -0.118. The zero-order chi connectivity index (χ0) is 20.7. The summed E-state index contributed by atoms with van der Waals surface area (Å²) in [5, 5.41) is 2.60. The third kappa shape index (κ3) is 5.46. The Morgan fingerprint density at radius 2 is 1.71 bits per heavy atom. The summed E-state index contributed by atoms with van der Waals surface area (Å²) < 4.78 is 34.8. The van der Waals surface area contributed by atoms with Crippen molar-refractivity contribution in [2.75, 3.05) is 36.1 Å². The van der Waals surface area contributed by atoms with Gasteiger partial charge in [0.25, 0.3) is 5.91 Å². The maximum atomic E-state index is 12.1. The van der Waals surface area contributed by atoms with E-state index in [1.165, 1.54) is 11.4 Å². The van der Waals surface area contributed by atoms with E-state index >= 15 is 0 Å². The molecule has 9 heteroatoms. The Morgan fingerprint density at radius 1 is 1.07 bits per heavy atom. The van der Waals surface area contributed by atoms with Gasteiger partial charge in [-0.25, -0.2) is 13.2 Å². The minimum Gasteiger partial charge on any atom is -0.484 e. The molecule has 0 radical (unpaired) electrons. The summed E-state index contributed by atoms with van der Waals surface area (Å²) in [6.45, 7) is 1.77. The van der Waals surface area contributed by atoms with Gasteiger partial charge >= 0.3 is 5.97 Å². The van der Waals surface area contributed by atoms with Gasteiger partial charge < -0.3 is 14.8 Å². The number of nitrogens with one attached hydrogen (secondary N) is 1. The fourth-order valence-electron chi connectivity index (χ4n) is 2.53. The molecular weight excluding hydrogens is 384 g/mol. The van der Waals surface area contributed by atoms with Crippen LogP contribution >= 0.6 is 0 Å². The summed E-state index contributed by atoms with van der Waals surface area (Å²) in [5.74, 6) is -0.602. The standard InChI is InChI=1S/C19H22N2O6S/c1-4-21(28(3,24)25)14-9-11-15(12-10-14)27-13-18(22)20-17-8-6-5-7-16(17)19(23)26-2/h5-12H,4,13H2,1-3H3,(H,20,22). The molecule has 0 bridgehead atoms. The van der Waals surface area contributed by atoms with Crippen molar-refractivity contribution in [3.63, 3.8) is 0 Å². The third-order valence-corrected chi connectivity index (χ3v) is 5.06. The van der Waals surface area contributed by atoms with Crippen LogP contribution < -0.4 is 14.4 Å². The first-order valence-electron chi connectivity index (χ1n) is 8.44. The Bertz CT molecular complexity index is 941. The molecule has 8 nitrogen and oxygen atoms in total. The molecule has 0 aromatic heterocycles. The molecule has 2 aromatic carbocycles. The van der Waals surface area contributed by atoms with Crippen molar-refractivity contribution in [3.05, 3.63) is 54.1 Å². The van der Waals surface area contributed by atoms with Gasteiger partial charge in [-0.15, -0.1) is 0 Å². The lowest BCUT2D eigenvalue weighted by Gasteiger charge is -2.20. The van der Waals surface area contributed by atoms with E-state index in [1.54, 1.807) is 55.5 Å². The average molecular weight is 406 g/mol. The second-order valence-electron chi connectivity index (χ2n) is 5.80. The Morgan fingerprint density at radius 3 is 2.29 bits per heavy atom. The number of anilines is 2. The third-order valence-electron chi connectivity index (χ3n) is 3.79. The molecular formula is C19H22N2O6S. The molecule has 1 N–H and O–H groups in total. The van der Waals surface area contributed by atoms with Gasteiger partial charge in [0, 0.05) is 6.54 Å². The van der Waals surface area contributed by atoms with Crippen LogP contribution in [0, 0.1) is 0 Å². The van der Waals surface area contributed by atoms with Gasteiger partial charge in [0.1, 0.15) is 5.75 Å². The van der Waals surface area contributed by atoms with Gasteiger partial charge in [0.05, 0.1) is 30.3 Å². The molecule has 0 saturated carbocycles. The van der Waals surface area contributed by atoms with Crippen LogP contribution in [0.5, 0.6) is 5.75 Å². The van der Waals surface area contributed by atoms with Gasteiger partial charge in [0.2, 0.25) is 10.0 Å². The van der Waals surface area contributed by atoms with E-state index in [9.17, 15) is 18.0 Å². The zero-order valence-corrected chi connectivity index (χ0v) is 16.7. The first-order valence-corrected chi connectivity index (χ1v) is 10.3. The van der Waals surface area contributed by atoms with Crippen LogP contribution in [0.15, 0.2) is 48.5 Å². The lowest BCUT2D eigenvalue weighted by Crippen LogP contribution is -2.29. The number of sulfonamides is 1. The number of esters is 1. The number of methoxy groups -OCH3 is 1. The summed E-state index contributed by atoms with van der Waals surface area (Å²) in [6.07, 6.45) is 1.14. The molecule has 0 unspecified atom stereocenters. The second-order valence-corrected chi connectivity index (χ2v) is 7.70. The van der Waals surface area contributed by atoms with Crippen molar-refractivity contribution < 1.29 is 27.5 Å². The van der Waals surface area contributed by atoms with Crippen LogP contribution in [0.2, 0.25) is 0 Å². The fourth-order valence-corrected chi connectivity index (χ4v) is 3.51. The Labute approximate surface area is 164 Å². The highest BCUT2D eigenvalue weighted by Gasteiger charge is 2.16. The van der Waals surface area contributed by atoms with Crippen molar-refractivity contribution in [1.82, 2.24) is 0 Å². The minimum atomic E-state index is -3.36. The van der Waals surface area contributed by atoms with Crippen LogP contribution in [0.1, 0.15) is 17.3 Å². The van der Waals surface area contributed by atoms with Crippen LogP contribution in [-0.2, 0) is 19.6 Å². The van der Waals surface area contributed by atoms with E-state index in [4.69, 9.17) is 4.74 Å². The monoisotopic (exact) mass is 406 g/mol. The molecule has 0 aliphatic heterocycles. The Hall–Kier alpha value is -3.07. The van der Waals surface area contributed by atoms with E-state index in [-0.39, 0.29) is 12.2 Å². The predicted molar refractivity (Wildman–Crippen MR) is 106 cm³/mol. The number of para-hydroxylation sites is 1. The topological polar surface area (TPSA) is 102 Å². The van der Waals surface area contributed by atoms with Crippen LogP contribution in [0.4, 0.5) is 11.4 Å². The molecule has 0 aliphatic rings. The Kier molecular flexibility index (Phi) is 7.00. The predicted octanol–water partition coefficient (Wildman–Crippen LogP) is 2.28. The normalized spacial score (nSPS) is 10.8. The number of ether oxygens (including phenoxy) is 2. The number of benzene rings is 2. The van der Waals surface area contributed by atoms with E-state index in [1.807, 2.05) is 0 Å². The average Bonchev–Trinajstić information content (AvgIpc) is 2.66. The number of amides is 1. The summed E-state index contributed by atoms with van der Waals surface area (Å²) >= 11 is 0. The maximum absolute atomic E-state index is 12.1. The first kappa shape index (κ1) is 21.2. The largest absolute Gasteiger partial charge is 0.484 e. The number of nitrogens with zero attached hydrogens (tertiary/aromatic N) is 1. The number of carbonyl (C=O) groups excluding carboxylic acids is 2. The lowest BCUT2D eigenvalue weighted by atomic mass is 10.2. The minimum absolute atomic E-state index is 0.239. The van der Waals surface area contributed by atoms with Crippen LogP contribution in [0.3, 0.4) is 0 Å². The quantitative estimate of drug-likeness (QED) is 0.675.